The van der Waals surface area contributed by atoms with Crippen LogP contribution in [0.1, 0.15) is 153 Å². The number of rotatable bonds is 10. The molecule has 24 heteroatoms. The molecule has 6 heterocycles. The van der Waals surface area contributed by atoms with Crippen molar-refractivity contribution in [1.29, 1.82) is 0 Å². The van der Waals surface area contributed by atoms with Gasteiger partial charge >= 0.3 is 24.3 Å². The van der Waals surface area contributed by atoms with E-state index in [-0.39, 0.29) is 106 Å². The molecule has 6 fully saturated rings. The summed E-state index contributed by atoms with van der Waals surface area (Å²) >= 11 is 13.0. The molecule has 4 saturated heterocycles. The highest BCUT2D eigenvalue weighted by Gasteiger charge is 2.66. The van der Waals surface area contributed by atoms with Gasteiger partial charge in [-0.15, -0.1) is 10.2 Å². The van der Waals surface area contributed by atoms with E-state index in [9.17, 15) is 60.2 Å². The summed E-state index contributed by atoms with van der Waals surface area (Å²) in [6, 6.07) is 8.39. The van der Waals surface area contributed by atoms with Crippen LogP contribution in [0.4, 0.5) is 38.0 Å². The van der Waals surface area contributed by atoms with Gasteiger partial charge in [0, 0.05) is 88.2 Å². The van der Waals surface area contributed by atoms with Gasteiger partial charge in [-0.25, -0.2) is 0 Å². The average Bonchev–Trinajstić information content (AvgIpc) is 2.04. The number of amides is 2. The Kier molecular flexibility index (Phi) is 16.3. The zero-order valence-corrected chi connectivity index (χ0v) is 50.4. The Morgan fingerprint density at radius 1 is 0.570 bits per heavy atom. The maximum Gasteiger partial charge on any atom is 0.398 e. The van der Waals surface area contributed by atoms with Crippen molar-refractivity contribution >= 4 is 70.4 Å². The molecule has 2 amide bonds. The van der Waals surface area contributed by atoms with Gasteiger partial charge < -0.3 is 29.4 Å². The molecule has 4 aliphatic carbocycles. The molecule has 4 aliphatic heterocycles. The monoisotopic (exact) mass is 1240 g/mol. The highest BCUT2D eigenvalue weighted by Crippen LogP contribution is 2.61. The average molecular weight is 1240 g/mol. The van der Waals surface area contributed by atoms with Gasteiger partial charge in [0.2, 0.25) is 11.8 Å². The lowest BCUT2D eigenvalue weighted by atomic mass is 9.84. The van der Waals surface area contributed by atoms with Crippen LogP contribution in [0, 0.1) is 35.5 Å². The van der Waals surface area contributed by atoms with E-state index < -0.39 is 52.5 Å². The first kappa shape index (κ1) is 61.5. The predicted octanol–water partition coefficient (Wildman–Crippen LogP) is 10.7. The molecular weight excluding hydrogens is 1170 g/mol. The third-order valence-corrected chi connectivity index (χ3v) is 19.7. The Morgan fingerprint density at radius 3 is 1.27 bits per heavy atom. The summed E-state index contributed by atoms with van der Waals surface area (Å²) in [4.78, 5) is 87.0. The second kappa shape index (κ2) is 22.8. The van der Waals surface area contributed by atoms with Crippen molar-refractivity contribution in [3.05, 3.63) is 91.2 Å². The summed E-state index contributed by atoms with van der Waals surface area (Å²) in [6.45, 7) is 14.3. The van der Waals surface area contributed by atoms with E-state index in [0.29, 0.717) is 139 Å². The number of anilines is 2. The van der Waals surface area contributed by atoms with Crippen LogP contribution in [0.25, 0.3) is 0 Å². The number of alkyl halides is 6. The maximum absolute atomic E-state index is 14.3. The van der Waals surface area contributed by atoms with Crippen molar-refractivity contribution in [2.45, 2.75) is 153 Å². The minimum absolute atomic E-state index is 0.0187. The first-order chi connectivity index (χ1) is 40.5. The first-order valence-electron chi connectivity index (χ1n) is 30.1. The number of hydrogen-bond acceptors (Lipinski definition) is 11. The summed E-state index contributed by atoms with van der Waals surface area (Å²) in [5, 5.41) is 18.7. The van der Waals surface area contributed by atoms with Crippen LogP contribution in [0.15, 0.2) is 36.4 Å². The van der Waals surface area contributed by atoms with Crippen LogP contribution in [-0.4, -0.2) is 140 Å². The van der Waals surface area contributed by atoms with Crippen molar-refractivity contribution in [2.24, 2.45) is 35.5 Å². The second-order valence-corrected chi connectivity index (χ2v) is 27.2. The highest BCUT2D eigenvalue weighted by molar-refractivity contribution is 6.34. The number of likely N-dealkylation sites (tertiary alicyclic amines) is 2. The second-order valence-electron chi connectivity index (χ2n) is 26.4. The van der Waals surface area contributed by atoms with Gasteiger partial charge in [-0.05, 0) is 133 Å². The number of carbonyl (C=O) groups is 6. The van der Waals surface area contributed by atoms with Crippen molar-refractivity contribution < 1.29 is 65.0 Å². The summed E-state index contributed by atoms with van der Waals surface area (Å²) in [7, 11) is 0. The highest BCUT2D eigenvalue weighted by atomic mass is 35.5. The van der Waals surface area contributed by atoms with Gasteiger partial charge in [0.05, 0.1) is 55.2 Å². The van der Waals surface area contributed by atoms with E-state index in [1.54, 1.807) is 0 Å². The first-order valence-corrected chi connectivity index (χ1v) is 30.8. The quantitative estimate of drug-likeness (QED) is 0.117. The Hall–Kier alpha value is -6.16. The zero-order valence-electron chi connectivity index (χ0n) is 48.9. The molecule has 0 bridgehead atoms. The molecule has 8 aliphatic rings. The Bertz CT molecular complexity index is 3360. The standard InChI is InChI=1S/C33H40ClF3N4O4.C29H32ClF3N4O4/c1-19-17-40(18-19)28(42)21-8-9-22-25(16-21)41(38-27(22)39-14-10-20(11-15-39)30(44)45-31(2,3)4)29(43)26-23(6-5-7-24(26)34)32(12-13-32)33(35,36)37;1-16-14-36(15-16)25(38)18-5-6-19-22(13-18)37(34-24(19)35-11-7-17(8-12-35)27(40)41)26(39)23-20(3-2-4-21(23)30)28(9-10-28)29(31,32)33/h5-7,19-21H,8-18H2,1-4H3;2-4,16-18H,5-15H2,1H3,(H,40,41). The van der Waals surface area contributed by atoms with Crippen LogP contribution in [0.5, 0.6) is 0 Å². The summed E-state index contributed by atoms with van der Waals surface area (Å²) < 4.78 is 93.4. The van der Waals surface area contributed by atoms with Crippen molar-refractivity contribution in [2.75, 3.05) is 62.2 Å². The fourth-order valence-corrected chi connectivity index (χ4v) is 14.4. The normalized spacial score (nSPS) is 22.4. The number of halogens is 8. The lowest BCUT2D eigenvalue weighted by Gasteiger charge is -2.40. The molecule has 2 atom stereocenters. The largest absolute Gasteiger partial charge is 0.481 e. The van der Waals surface area contributed by atoms with E-state index in [4.69, 9.17) is 33.0 Å². The van der Waals surface area contributed by atoms with Crippen LogP contribution in [0.3, 0.4) is 0 Å². The molecule has 464 valence electrons. The van der Waals surface area contributed by atoms with Gasteiger partial charge in [0.1, 0.15) is 5.60 Å². The maximum atomic E-state index is 14.3. The molecule has 86 heavy (non-hydrogen) atoms. The minimum atomic E-state index is -4.54. The van der Waals surface area contributed by atoms with Gasteiger partial charge in [0.15, 0.2) is 11.6 Å². The molecule has 2 aromatic carbocycles. The van der Waals surface area contributed by atoms with Gasteiger partial charge in [-0.3, -0.25) is 28.8 Å². The summed E-state index contributed by atoms with van der Waals surface area (Å²) in [5.41, 5.74) is -2.82. The number of fused-ring (bicyclic) bond motifs is 2. The van der Waals surface area contributed by atoms with Crippen molar-refractivity contribution in [3.8, 4) is 0 Å². The molecule has 1 N–H and O–H groups in total. The number of aromatic nitrogens is 4. The van der Waals surface area contributed by atoms with Crippen LogP contribution in [-0.2, 0) is 60.4 Å². The summed E-state index contributed by atoms with van der Waals surface area (Å²) in [6.07, 6.45) is -4.97. The number of benzene rings is 2. The summed E-state index contributed by atoms with van der Waals surface area (Å²) in [5.74, 6) is -1.94. The lowest BCUT2D eigenvalue weighted by Crippen LogP contribution is -2.51. The van der Waals surface area contributed by atoms with Crippen LogP contribution < -0.4 is 9.80 Å². The lowest BCUT2D eigenvalue weighted by molar-refractivity contribution is -0.161. The molecular formula is C62H72Cl2F6N8O8. The Morgan fingerprint density at radius 2 is 0.942 bits per heavy atom. The SMILES string of the molecule is CC1CN(C(=O)C2CCc3c(N4CCC(C(=O)O)CC4)nn(C(=O)c4c(Cl)cccc4C4(C(F)(F)F)CC4)c3C2)C1.CC1CN(C(=O)C2CCc3c(N4CCC(C(=O)OC(C)(C)C)CC4)nn(C(=O)c4c(Cl)cccc4C4(C(F)(F)F)CC4)c3C2)C1. The van der Waals surface area contributed by atoms with Crippen LogP contribution >= 0.6 is 23.2 Å². The van der Waals surface area contributed by atoms with Gasteiger partial charge in [0.25, 0.3) is 11.8 Å². The number of carboxylic acid groups (broad SMARTS) is 1. The molecule has 2 aromatic heterocycles. The van der Waals surface area contributed by atoms with E-state index >= 15 is 0 Å². The third-order valence-electron chi connectivity index (χ3n) is 19.1. The smallest absolute Gasteiger partial charge is 0.398 e. The molecule has 2 unspecified atom stereocenters. The molecule has 0 spiro atoms. The van der Waals surface area contributed by atoms with Crippen LogP contribution in [0.2, 0.25) is 10.0 Å². The number of ether oxygens (including phenoxy) is 1. The van der Waals surface area contributed by atoms with E-state index in [0.717, 1.165) is 11.1 Å². The number of nitrogens with zero attached hydrogens (tertiary/aromatic N) is 8. The molecule has 16 nitrogen and oxygen atoms in total. The third kappa shape index (κ3) is 11.4. The fourth-order valence-electron chi connectivity index (χ4n) is 13.9. The number of carboxylic acids is 1. The van der Waals surface area contributed by atoms with E-state index in [1.165, 1.54) is 45.8 Å². The number of esters is 1. The number of piperidine rings is 2. The molecule has 0 radical (unpaired) electrons. The predicted molar refractivity (Wildman–Crippen MR) is 307 cm³/mol. The zero-order chi connectivity index (χ0) is 61.7. The van der Waals surface area contributed by atoms with Crippen molar-refractivity contribution in [1.82, 2.24) is 29.4 Å². The van der Waals surface area contributed by atoms with Crippen molar-refractivity contribution in [3.63, 3.8) is 0 Å². The van der Waals surface area contributed by atoms with E-state index in [2.05, 4.69) is 18.9 Å². The Labute approximate surface area is 504 Å². The molecule has 4 aromatic rings. The molecule has 2 saturated carbocycles. The number of hydrogen-bond donors (Lipinski definition) is 1. The topological polar surface area (TPSA) is 180 Å². The Balaban J connectivity index is 0.000000179. The minimum Gasteiger partial charge on any atom is -0.481 e. The van der Waals surface area contributed by atoms with E-state index in [1.807, 2.05) is 40.4 Å². The molecule has 12 rings (SSSR count). The van der Waals surface area contributed by atoms with Gasteiger partial charge in [-0.2, -0.15) is 35.7 Å². The van der Waals surface area contributed by atoms with Gasteiger partial charge in [-0.1, -0.05) is 61.3 Å². The number of carbonyl (C=O) groups excluding carboxylic acids is 5. The number of aliphatic carboxylic acids is 1. The fraction of sp³-hybridized carbons (Fsp3) is 0.613.